The van der Waals surface area contributed by atoms with E-state index in [9.17, 15) is 0 Å². The predicted octanol–water partition coefficient (Wildman–Crippen LogP) is 5.80. The number of aromatic nitrogens is 3. The summed E-state index contributed by atoms with van der Waals surface area (Å²) in [5.74, 6) is 0.521. The molecule has 0 unspecified atom stereocenters. The molecule has 0 spiro atoms. The van der Waals surface area contributed by atoms with Crippen LogP contribution in [0.4, 0.5) is 0 Å². The summed E-state index contributed by atoms with van der Waals surface area (Å²) in [4.78, 5) is 4.42. The second-order valence-electron chi connectivity index (χ2n) is 5.53. The molecule has 6 heteroatoms. The molecule has 0 bridgehead atoms. The molecule has 0 fully saturated rings. The minimum Gasteiger partial charge on any atom is -0.437 e. The Morgan fingerprint density at radius 2 is 1.88 bits per heavy atom. The van der Waals surface area contributed by atoms with Gasteiger partial charge in [0.1, 0.15) is 10.7 Å². The van der Waals surface area contributed by atoms with Gasteiger partial charge in [-0.3, -0.25) is 0 Å². The molecule has 0 radical (unpaired) electrons. The van der Waals surface area contributed by atoms with E-state index < -0.39 is 0 Å². The number of hydrogen-bond donors (Lipinski definition) is 0. The Bertz CT molecular complexity index is 1060. The summed E-state index contributed by atoms with van der Waals surface area (Å²) in [6.07, 6.45) is 3.65. The average molecular weight is 370 g/mol. The van der Waals surface area contributed by atoms with Gasteiger partial charge < -0.3 is 4.42 Å². The molecule has 2 heterocycles. The molecule has 0 aliphatic heterocycles. The number of para-hydroxylation sites is 2. The van der Waals surface area contributed by atoms with Crippen molar-refractivity contribution in [3.8, 4) is 5.69 Å². The van der Waals surface area contributed by atoms with Crippen LogP contribution in [0.1, 0.15) is 17.1 Å². The van der Waals surface area contributed by atoms with Crippen molar-refractivity contribution in [1.82, 2.24) is 14.8 Å². The van der Waals surface area contributed by atoms with Gasteiger partial charge in [-0.2, -0.15) is 5.10 Å². The Labute approximate surface area is 154 Å². The molecular weight excluding hydrogens is 357 g/mol. The third kappa shape index (κ3) is 3.06. The van der Waals surface area contributed by atoms with E-state index in [4.69, 9.17) is 27.6 Å². The largest absolute Gasteiger partial charge is 0.437 e. The van der Waals surface area contributed by atoms with Gasteiger partial charge in [0, 0.05) is 16.7 Å². The van der Waals surface area contributed by atoms with E-state index in [1.165, 1.54) is 0 Å². The minimum absolute atomic E-state index is 0.507. The van der Waals surface area contributed by atoms with Crippen LogP contribution in [0.5, 0.6) is 0 Å². The molecule has 25 heavy (non-hydrogen) atoms. The first-order chi connectivity index (χ1) is 12.1. The number of fused-ring (bicyclic) bond motifs is 1. The van der Waals surface area contributed by atoms with Crippen molar-refractivity contribution in [3.63, 3.8) is 0 Å². The number of nitrogens with zero attached hydrogens (tertiary/aromatic N) is 3. The van der Waals surface area contributed by atoms with E-state index in [0.717, 1.165) is 28.0 Å². The molecule has 124 valence electrons. The van der Waals surface area contributed by atoms with Gasteiger partial charge in [0.2, 0.25) is 5.89 Å². The summed E-state index contributed by atoms with van der Waals surface area (Å²) in [5.41, 5.74) is 3.99. The topological polar surface area (TPSA) is 43.9 Å². The fourth-order valence-electron chi connectivity index (χ4n) is 2.60. The molecule has 4 aromatic rings. The van der Waals surface area contributed by atoms with Crippen molar-refractivity contribution >= 4 is 46.5 Å². The molecule has 0 amide bonds. The predicted molar refractivity (Wildman–Crippen MR) is 101 cm³/mol. The first-order valence-electron chi connectivity index (χ1n) is 7.66. The van der Waals surface area contributed by atoms with Crippen LogP contribution in [0.3, 0.4) is 0 Å². The van der Waals surface area contributed by atoms with Crippen molar-refractivity contribution in [2.24, 2.45) is 0 Å². The van der Waals surface area contributed by atoms with E-state index in [-0.39, 0.29) is 0 Å². The Kier molecular flexibility index (Phi) is 4.07. The lowest BCUT2D eigenvalue weighted by atomic mass is 10.2. The molecule has 2 aromatic carbocycles. The van der Waals surface area contributed by atoms with E-state index in [1.54, 1.807) is 10.8 Å². The highest BCUT2D eigenvalue weighted by atomic mass is 35.5. The van der Waals surface area contributed by atoms with Crippen molar-refractivity contribution in [2.45, 2.75) is 6.92 Å². The van der Waals surface area contributed by atoms with Gasteiger partial charge in [-0.15, -0.1) is 0 Å². The van der Waals surface area contributed by atoms with Gasteiger partial charge >= 0.3 is 0 Å². The maximum absolute atomic E-state index is 6.52. The van der Waals surface area contributed by atoms with Crippen LogP contribution in [0.2, 0.25) is 10.2 Å². The molecule has 4 rings (SSSR count). The van der Waals surface area contributed by atoms with Crippen molar-refractivity contribution in [3.05, 3.63) is 75.9 Å². The van der Waals surface area contributed by atoms with E-state index >= 15 is 0 Å². The SMILES string of the molecule is Cc1nn(-c2cccc(Cl)c2)c(Cl)c1/C=C/c1nc2ccccc2o1. The molecule has 0 aliphatic carbocycles. The van der Waals surface area contributed by atoms with Crippen LogP contribution < -0.4 is 0 Å². The van der Waals surface area contributed by atoms with Gasteiger partial charge in [0.25, 0.3) is 0 Å². The van der Waals surface area contributed by atoms with Crippen LogP contribution in [0.15, 0.2) is 52.9 Å². The Hall–Kier alpha value is -2.56. The smallest absolute Gasteiger partial charge is 0.220 e. The van der Waals surface area contributed by atoms with Crippen LogP contribution in [0.25, 0.3) is 28.9 Å². The minimum atomic E-state index is 0.507. The van der Waals surface area contributed by atoms with Crippen molar-refractivity contribution in [1.29, 1.82) is 0 Å². The standard InChI is InChI=1S/C19H13Cl2N3O/c1-12-15(9-10-18-22-16-7-2-3-8-17(16)25-18)19(21)24(23-12)14-6-4-5-13(20)11-14/h2-11H,1H3/b10-9+. The zero-order chi connectivity index (χ0) is 17.4. The summed E-state index contributed by atoms with van der Waals surface area (Å²) in [7, 11) is 0. The number of oxazole rings is 1. The zero-order valence-corrected chi connectivity index (χ0v) is 14.8. The van der Waals surface area contributed by atoms with Crippen molar-refractivity contribution < 1.29 is 4.42 Å². The van der Waals surface area contributed by atoms with Crippen LogP contribution in [0, 0.1) is 6.92 Å². The van der Waals surface area contributed by atoms with Gasteiger partial charge in [-0.05, 0) is 43.3 Å². The normalized spacial score (nSPS) is 11.6. The average Bonchev–Trinajstić information content (AvgIpc) is 3.14. The fraction of sp³-hybridized carbons (Fsp3) is 0.0526. The van der Waals surface area contributed by atoms with E-state index in [2.05, 4.69) is 10.1 Å². The summed E-state index contributed by atoms with van der Waals surface area (Å²) in [6, 6.07) is 15.0. The summed E-state index contributed by atoms with van der Waals surface area (Å²) in [5, 5.41) is 5.64. The lowest BCUT2D eigenvalue weighted by Gasteiger charge is -2.03. The number of halogens is 2. The molecule has 0 aliphatic rings. The van der Waals surface area contributed by atoms with Crippen LogP contribution in [-0.2, 0) is 0 Å². The number of rotatable bonds is 3. The molecule has 0 saturated carbocycles. The van der Waals surface area contributed by atoms with Gasteiger partial charge in [0.15, 0.2) is 5.58 Å². The maximum Gasteiger partial charge on any atom is 0.220 e. The Balaban J connectivity index is 1.71. The second kappa shape index (κ2) is 6.39. The summed E-state index contributed by atoms with van der Waals surface area (Å²) in [6.45, 7) is 1.90. The first-order valence-corrected chi connectivity index (χ1v) is 8.42. The highest BCUT2D eigenvalue weighted by molar-refractivity contribution is 6.32. The van der Waals surface area contributed by atoms with E-state index in [0.29, 0.717) is 16.1 Å². The lowest BCUT2D eigenvalue weighted by Crippen LogP contribution is -1.96. The Morgan fingerprint density at radius 1 is 1.04 bits per heavy atom. The molecule has 0 N–H and O–H groups in total. The monoisotopic (exact) mass is 369 g/mol. The van der Waals surface area contributed by atoms with E-state index in [1.807, 2.05) is 61.5 Å². The third-order valence-electron chi connectivity index (χ3n) is 3.80. The number of hydrogen-bond acceptors (Lipinski definition) is 3. The lowest BCUT2D eigenvalue weighted by molar-refractivity contribution is 0.590. The molecule has 0 saturated heterocycles. The molecule has 2 aromatic heterocycles. The van der Waals surface area contributed by atoms with Crippen LogP contribution in [-0.4, -0.2) is 14.8 Å². The molecular formula is C19H13Cl2N3O. The summed E-state index contributed by atoms with van der Waals surface area (Å²) < 4.78 is 7.35. The zero-order valence-electron chi connectivity index (χ0n) is 13.3. The third-order valence-corrected chi connectivity index (χ3v) is 4.40. The highest BCUT2D eigenvalue weighted by Crippen LogP contribution is 2.27. The van der Waals surface area contributed by atoms with Crippen LogP contribution >= 0.6 is 23.2 Å². The number of aryl methyl sites for hydroxylation is 1. The van der Waals surface area contributed by atoms with Gasteiger partial charge in [-0.25, -0.2) is 9.67 Å². The Morgan fingerprint density at radius 3 is 2.68 bits per heavy atom. The molecule has 0 atom stereocenters. The van der Waals surface area contributed by atoms with Gasteiger partial charge in [0.05, 0.1) is 11.4 Å². The first kappa shape index (κ1) is 15.9. The summed E-state index contributed by atoms with van der Waals surface area (Å²) >= 11 is 12.6. The van der Waals surface area contributed by atoms with Gasteiger partial charge in [-0.1, -0.05) is 41.4 Å². The number of benzene rings is 2. The fourth-order valence-corrected chi connectivity index (χ4v) is 3.12. The molecule has 4 nitrogen and oxygen atoms in total. The quantitative estimate of drug-likeness (QED) is 0.458. The van der Waals surface area contributed by atoms with Crippen molar-refractivity contribution in [2.75, 3.05) is 0 Å². The maximum atomic E-state index is 6.52. The second-order valence-corrected chi connectivity index (χ2v) is 6.33. The highest BCUT2D eigenvalue weighted by Gasteiger charge is 2.13.